The van der Waals surface area contributed by atoms with Gasteiger partial charge >= 0.3 is 0 Å². The fourth-order valence-electron chi connectivity index (χ4n) is 3.70. The van der Waals surface area contributed by atoms with Gasteiger partial charge in [0.1, 0.15) is 5.65 Å². The Hall–Kier alpha value is -2.47. The minimum absolute atomic E-state index is 0.102. The molecule has 3 aromatic heterocycles. The quantitative estimate of drug-likeness (QED) is 0.724. The van der Waals surface area contributed by atoms with E-state index in [1.54, 1.807) is 10.9 Å². The predicted octanol–water partition coefficient (Wildman–Crippen LogP) is 2.42. The highest BCUT2D eigenvalue weighted by molar-refractivity contribution is 5.39. The fraction of sp³-hybridized carbons (Fsp3) is 0.450. The van der Waals surface area contributed by atoms with Gasteiger partial charge in [-0.05, 0) is 57.8 Å². The van der Waals surface area contributed by atoms with E-state index in [4.69, 9.17) is 4.98 Å². The van der Waals surface area contributed by atoms with Gasteiger partial charge in [-0.25, -0.2) is 9.97 Å². The standard InChI is InChI=1S/C20H25N5O/c1-15-16(2)21-14-25(20(15)26)11-17-6-9-23(10-7-17)12-18-13-24-8-4-3-5-19(24)22-18/h3-5,8,13-14,17H,6-7,9-12H2,1-2H3. The lowest BCUT2D eigenvalue weighted by Gasteiger charge is -2.31. The number of aromatic nitrogens is 4. The zero-order valence-electron chi connectivity index (χ0n) is 15.4. The average Bonchev–Trinajstić information content (AvgIpc) is 3.06. The summed E-state index contributed by atoms with van der Waals surface area (Å²) in [5, 5.41) is 0. The largest absolute Gasteiger partial charge is 0.307 e. The van der Waals surface area contributed by atoms with Crippen molar-refractivity contribution < 1.29 is 0 Å². The van der Waals surface area contributed by atoms with Crippen molar-refractivity contribution in [1.29, 1.82) is 0 Å². The average molecular weight is 351 g/mol. The summed E-state index contributed by atoms with van der Waals surface area (Å²) in [5.41, 5.74) is 3.80. The van der Waals surface area contributed by atoms with E-state index in [-0.39, 0.29) is 5.56 Å². The van der Waals surface area contributed by atoms with Crippen molar-refractivity contribution in [3.63, 3.8) is 0 Å². The third-order valence-electron chi connectivity index (χ3n) is 5.48. The Balaban J connectivity index is 1.35. The minimum atomic E-state index is 0.102. The van der Waals surface area contributed by atoms with Crippen LogP contribution in [0.3, 0.4) is 0 Å². The first-order chi connectivity index (χ1) is 12.6. The van der Waals surface area contributed by atoms with Crippen LogP contribution in [-0.4, -0.2) is 36.9 Å². The van der Waals surface area contributed by atoms with E-state index in [0.717, 1.165) is 61.6 Å². The number of aryl methyl sites for hydroxylation is 1. The maximum absolute atomic E-state index is 12.4. The van der Waals surface area contributed by atoms with Crippen LogP contribution in [0.4, 0.5) is 0 Å². The molecule has 1 aliphatic heterocycles. The molecule has 1 saturated heterocycles. The van der Waals surface area contributed by atoms with Crippen molar-refractivity contribution in [2.45, 2.75) is 39.8 Å². The van der Waals surface area contributed by atoms with Crippen LogP contribution in [0.15, 0.2) is 41.7 Å². The molecule has 1 aliphatic rings. The van der Waals surface area contributed by atoms with E-state index < -0.39 is 0 Å². The Bertz CT molecular complexity index is 933. The molecule has 4 rings (SSSR count). The van der Waals surface area contributed by atoms with E-state index in [2.05, 4.69) is 20.5 Å². The topological polar surface area (TPSA) is 55.4 Å². The monoisotopic (exact) mass is 351 g/mol. The third kappa shape index (κ3) is 3.42. The lowest BCUT2D eigenvalue weighted by Crippen LogP contribution is -2.36. The molecule has 0 aromatic carbocycles. The molecule has 26 heavy (non-hydrogen) atoms. The Kier molecular flexibility index (Phi) is 4.59. The normalized spacial score (nSPS) is 16.4. The smallest absolute Gasteiger partial charge is 0.256 e. The highest BCUT2D eigenvalue weighted by atomic mass is 16.1. The van der Waals surface area contributed by atoms with Crippen molar-refractivity contribution in [2.24, 2.45) is 5.92 Å². The van der Waals surface area contributed by atoms with Gasteiger partial charge in [0.25, 0.3) is 5.56 Å². The molecule has 6 heteroatoms. The lowest BCUT2D eigenvalue weighted by atomic mass is 9.96. The number of rotatable bonds is 4. The molecular formula is C20H25N5O. The van der Waals surface area contributed by atoms with E-state index in [1.165, 1.54) is 0 Å². The van der Waals surface area contributed by atoms with Crippen LogP contribution >= 0.6 is 0 Å². The fourth-order valence-corrected chi connectivity index (χ4v) is 3.70. The first-order valence-corrected chi connectivity index (χ1v) is 9.28. The summed E-state index contributed by atoms with van der Waals surface area (Å²) in [6.45, 7) is 7.50. The number of nitrogens with zero attached hydrogens (tertiary/aromatic N) is 5. The molecular weight excluding hydrogens is 326 g/mol. The Morgan fingerprint density at radius 1 is 1.19 bits per heavy atom. The molecule has 0 unspecified atom stereocenters. The van der Waals surface area contributed by atoms with Gasteiger partial charge in [-0.15, -0.1) is 0 Å². The number of hydrogen-bond donors (Lipinski definition) is 0. The van der Waals surface area contributed by atoms with Gasteiger partial charge in [0.05, 0.1) is 12.0 Å². The first kappa shape index (κ1) is 17.0. The van der Waals surface area contributed by atoms with E-state index >= 15 is 0 Å². The van der Waals surface area contributed by atoms with Crippen LogP contribution in [0.25, 0.3) is 5.65 Å². The summed E-state index contributed by atoms with van der Waals surface area (Å²) in [6, 6.07) is 6.07. The van der Waals surface area contributed by atoms with E-state index in [0.29, 0.717) is 5.92 Å². The minimum Gasteiger partial charge on any atom is -0.307 e. The number of imidazole rings is 1. The number of pyridine rings is 1. The van der Waals surface area contributed by atoms with Gasteiger partial charge in [0, 0.05) is 36.7 Å². The third-order valence-corrected chi connectivity index (χ3v) is 5.48. The van der Waals surface area contributed by atoms with Crippen molar-refractivity contribution in [1.82, 2.24) is 23.8 Å². The van der Waals surface area contributed by atoms with Crippen LogP contribution in [0, 0.1) is 19.8 Å². The molecule has 6 nitrogen and oxygen atoms in total. The summed E-state index contributed by atoms with van der Waals surface area (Å²) in [6.07, 6.45) is 8.06. The van der Waals surface area contributed by atoms with Crippen molar-refractivity contribution in [3.05, 3.63) is 64.2 Å². The van der Waals surface area contributed by atoms with E-state index in [1.807, 2.05) is 38.2 Å². The second-order valence-electron chi connectivity index (χ2n) is 7.33. The Labute approximate surface area is 153 Å². The molecule has 136 valence electrons. The molecule has 0 N–H and O–H groups in total. The molecule has 0 aliphatic carbocycles. The summed E-state index contributed by atoms with van der Waals surface area (Å²) < 4.78 is 3.85. The van der Waals surface area contributed by atoms with Gasteiger partial charge in [-0.3, -0.25) is 14.3 Å². The number of hydrogen-bond acceptors (Lipinski definition) is 4. The predicted molar refractivity (Wildman–Crippen MR) is 101 cm³/mol. The molecule has 0 bridgehead atoms. The second kappa shape index (κ2) is 7.03. The van der Waals surface area contributed by atoms with Gasteiger partial charge in [0.15, 0.2) is 0 Å². The Morgan fingerprint density at radius 2 is 2.00 bits per heavy atom. The van der Waals surface area contributed by atoms with Crippen LogP contribution in [0.5, 0.6) is 0 Å². The molecule has 0 atom stereocenters. The van der Waals surface area contributed by atoms with Crippen molar-refractivity contribution in [3.8, 4) is 0 Å². The molecule has 0 radical (unpaired) electrons. The molecule has 1 fully saturated rings. The van der Waals surface area contributed by atoms with Crippen LogP contribution in [-0.2, 0) is 13.1 Å². The maximum atomic E-state index is 12.4. The number of piperidine rings is 1. The summed E-state index contributed by atoms with van der Waals surface area (Å²) in [7, 11) is 0. The maximum Gasteiger partial charge on any atom is 0.256 e. The molecule has 0 saturated carbocycles. The SMILES string of the molecule is Cc1ncn(CC2CCN(Cc3cn4ccccc4n3)CC2)c(=O)c1C. The van der Waals surface area contributed by atoms with E-state index in [9.17, 15) is 4.79 Å². The summed E-state index contributed by atoms with van der Waals surface area (Å²) >= 11 is 0. The number of likely N-dealkylation sites (tertiary alicyclic amines) is 1. The summed E-state index contributed by atoms with van der Waals surface area (Å²) in [5.74, 6) is 0.536. The zero-order valence-corrected chi connectivity index (χ0v) is 15.4. The molecule has 4 heterocycles. The zero-order chi connectivity index (χ0) is 18.1. The number of fused-ring (bicyclic) bond motifs is 1. The first-order valence-electron chi connectivity index (χ1n) is 9.28. The molecule has 0 spiro atoms. The van der Waals surface area contributed by atoms with Crippen molar-refractivity contribution in [2.75, 3.05) is 13.1 Å². The van der Waals surface area contributed by atoms with Gasteiger partial charge < -0.3 is 4.40 Å². The van der Waals surface area contributed by atoms with Crippen LogP contribution in [0.1, 0.15) is 29.8 Å². The van der Waals surface area contributed by atoms with Gasteiger partial charge in [-0.1, -0.05) is 6.07 Å². The molecule has 0 amide bonds. The van der Waals surface area contributed by atoms with Crippen LogP contribution in [0.2, 0.25) is 0 Å². The Morgan fingerprint density at radius 3 is 2.77 bits per heavy atom. The van der Waals surface area contributed by atoms with Gasteiger partial charge in [0.2, 0.25) is 0 Å². The summed E-state index contributed by atoms with van der Waals surface area (Å²) in [4.78, 5) is 23.8. The van der Waals surface area contributed by atoms with Gasteiger partial charge in [-0.2, -0.15) is 0 Å². The van der Waals surface area contributed by atoms with Crippen LogP contribution < -0.4 is 5.56 Å². The lowest BCUT2D eigenvalue weighted by molar-refractivity contribution is 0.165. The van der Waals surface area contributed by atoms with Crippen molar-refractivity contribution >= 4 is 5.65 Å². The highest BCUT2D eigenvalue weighted by Gasteiger charge is 2.21. The molecule has 3 aromatic rings. The highest BCUT2D eigenvalue weighted by Crippen LogP contribution is 2.20. The second-order valence-corrected chi connectivity index (χ2v) is 7.33.